The fourth-order valence-electron chi connectivity index (χ4n) is 2.21. The summed E-state index contributed by atoms with van der Waals surface area (Å²) in [5, 5.41) is 6.70. The van der Waals surface area contributed by atoms with Gasteiger partial charge in [0.05, 0.1) is 18.3 Å². The summed E-state index contributed by atoms with van der Waals surface area (Å²) in [7, 11) is 0. The molecule has 1 fully saturated rings. The van der Waals surface area contributed by atoms with Crippen LogP contribution in [0, 0.1) is 6.92 Å². The van der Waals surface area contributed by atoms with E-state index in [1.807, 2.05) is 13.0 Å². The minimum Gasteiger partial charge on any atom is -0.375 e. The van der Waals surface area contributed by atoms with Crippen LogP contribution in [0.2, 0.25) is 0 Å². The second-order valence-electron chi connectivity index (χ2n) is 4.95. The van der Waals surface area contributed by atoms with Crippen molar-refractivity contribution in [3.05, 3.63) is 17.5 Å². The van der Waals surface area contributed by atoms with Gasteiger partial charge in [0, 0.05) is 39.2 Å². The molecule has 1 aliphatic heterocycles. The average Bonchev–Trinajstić information content (AvgIpc) is 2.62. The molecule has 0 bridgehead atoms. The van der Waals surface area contributed by atoms with Crippen LogP contribution in [0.15, 0.2) is 10.6 Å². The summed E-state index contributed by atoms with van der Waals surface area (Å²) in [6.45, 7) is 7.22. The molecular formula is C13H21N3O3. The Morgan fingerprint density at radius 3 is 3.16 bits per heavy atom. The standard InChI is InChI=1S/C13H21N3O3/c1-10-6-12(19-15-10)8-16-4-3-5-18-13(9-16)7-14-11(2)17/h6,13H,3-5,7-9H2,1-2H3,(H,14,17). The first-order valence-corrected chi connectivity index (χ1v) is 6.64. The summed E-state index contributed by atoms with van der Waals surface area (Å²) < 4.78 is 11.0. The van der Waals surface area contributed by atoms with Crippen LogP contribution >= 0.6 is 0 Å². The van der Waals surface area contributed by atoms with E-state index in [0.717, 1.165) is 44.1 Å². The van der Waals surface area contributed by atoms with E-state index in [1.54, 1.807) is 0 Å². The minimum atomic E-state index is -0.0229. The first-order chi connectivity index (χ1) is 9.13. The maximum absolute atomic E-state index is 10.9. The molecule has 0 spiro atoms. The van der Waals surface area contributed by atoms with Gasteiger partial charge in [-0.15, -0.1) is 0 Å². The van der Waals surface area contributed by atoms with E-state index in [0.29, 0.717) is 6.54 Å². The van der Waals surface area contributed by atoms with Crippen LogP contribution in [0.4, 0.5) is 0 Å². The highest BCUT2D eigenvalue weighted by molar-refractivity contribution is 5.72. The Kier molecular flexibility index (Phi) is 4.93. The molecule has 6 heteroatoms. The van der Waals surface area contributed by atoms with Gasteiger partial charge in [0.2, 0.25) is 5.91 Å². The fourth-order valence-corrected chi connectivity index (χ4v) is 2.21. The first-order valence-electron chi connectivity index (χ1n) is 6.64. The van der Waals surface area contributed by atoms with E-state index in [-0.39, 0.29) is 12.0 Å². The number of carbonyl (C=O) groups excluding carboxylic acids is 1. The smallest absolute Gasteiger partial charge is 0.216 e. The van der Waals surface area contributed by atoms with Crippen LogP contribution in [0.1, 0.15) is 24.8 Å². The van der Waals surface area contributed by atoms with Crippen molar-refractivity contribution in [1.29, 1.82) is 0 Å². The highest BCUT2D eigenvalue weighted by Crippen LogP contribution is 2.11. The Labute approximate surface area is 113 Å². The number of hydrogen-bond acceptors (Lipinski definition) is 5. The van der Waals surface area contributed by atoms with E-state index in [1.165, 1.54) is 6.92 Å². The van der Waals surface area contributed by atoms with Gasteiger partial charge in [-0.2, -0.15) is 0 Å². The number of aryl methyl sites for hydroxylation is 1. The van der Waals surface area contributed by atoms with Crippen LogP contribution in [0.5, 0.6) is 0 Å². The van der Waals surface area contributed by atoms with Gasteiger partial charge in [0.15, 0.2) is 5.76 Å². The van der Waals surface area contributed by atoms with Gasteiger partial charge in [-0.25, -0.2) is 0 Å². The number of nitrogens with zero attached hydrogens (tertiary/aromatic N) is 2. The highest BCUT2D eigenvalue weighted by Gasteiger charge is 2.20. The van der Waals surface area contributed by atoms with Gasteiger partial charge < -0.3 is 14.6 Å². The van der Waals surface area contributed by atoms with Crippen molar-refractivity contribution in [2.24, 2.45) is 0 Å². The molecule has 0 radical (unpaired) electrons. The quantitative estimate of drug-likeness (QED) is 0.870. The van der Waals surface area contributed by atoms with Crippen LogP contribution < -0.4 is 5.32 Å². The van der Waals surface area contributed by atoms with Crippen molar-refractivity contribution >= 4 is 5.91 Å². The number of rotatable bonds is 4. The molecular weight excluding hydrogens is 246 g/mol. The maximum atomic E-state index is 10.9. The molecule has 6 nitrogen and oxygen atoms in total. The van der Waals surface area contributed by atoms with Crippen LogP contribution in [0.25, 0.3) is 0 Å². The lowest BCUT2D eigenvalue weighted by Gasteiger charge is -2.22. The second-order valence-corrected chi connectivity index (χ2v) is 4.95. The van der Waals surface area contributed by atoms with Crippen molar-refractivity contribution in [1.82, 2.24) is 15.4 Å². The SMILES string of the molecule is CC(=O)NCC1CN(Cc2cc(C)no2)CCCO1. The number of amides is 1. The predicted molar refractivity (Wildman–Crippen MR) is 69.6 cm³/mol. The second kappa shape index (κ2) is 6.68. The summed E-state index contributed by atoms with van der Waals surface area (Å²) in [5.74, 6) is 0.850. The fraction of sp³-hybridized carbons (Fsp3) is 0.692. The number of aromatic nitrogens is 1. The largest absolute Gasteiger partial charge is 0.375 e. The third-order valence-electron chi connectivity index (χ3n) is 3.07. The summed E-state index contributed by atoms with van der Waals surface area (Å²) >= 11 is 0. The zero-order valence-corrected chi connectivity index (χ0v) is 11.5. The van der Waals surface area contributed by atoms with E-state index in [9.17, 15) is 4.79 Å². The molecule has 1 atom stereocenters. The average molecular weight is 267 g/mol. The van der Waals surface area contributed by atoms with E-state index >= 15 is 0 Å². The van der Waals surface area contributed by atoms with Gasteiger partial charge >= 0.3 is 0 Å². The molecule has 1 amide bonds. The van der Waals surface area contributed by atoms with Crippen LogP contribution in [0.3, 0.4) is 0 Å². The van der Waals surface area contributed by atoms with E-state index < -0.39 is 0 Å². The summed E-state index contributed by atoms with van der Waals surface area (Å²) in [4.78, 5) is 13.2. The molecule has 19 heavy (non-hydrogen) atoms. The molecule has 1 saturated heterocycles. The summed E-state index contributed by atoms with van der Waals surface area (Å²) in [6.07, 6.45) is 1.03. The van der Waals surface area contributed by atoms with Crippen molar-refractivity contribution in [3.8, 4) is 0 Å². The first kappa shape index (κ1) is 14.0. The zero-order chi connectivity index (χ0) is 13.7. The Balaban J connectivity index is 1.87. The molecule has 1 aliphatic rings. The van der Waals surface area contributed by atoms with Crippen molar-refractivity contribution < 1.29 is 14.1 Å². The lowest BCUT2D eigenvalue weighted by Crippen LogP contribution is -2.39. The predicted octanol–water partition coefficient (Wildman–Crippen LogP) is 0.710. The summed E-state index contributed by atoms with van der Waals surface area (Å²) in [6, 6.07) is 1.95. The third kappa shape index (κ3) is 4.65. The molecule has 0 saturated carbocycles. The molecule has 2 rings (SSSR count). The molecule has 0 aliphatic carbocycles. The molecule has 106 valence electrons. The molecule has 1 aromatic heterocycles. The highest BCUT2D eigenvalue weighted by atomic mass is 16.5. The Morgan fingerprint density at radius 2 is 2.47 bits per heavy atom. The maximum Gasteiger partial charge on any atom is 0.216 e. The molecule has 0 aromatic carbocycles. The summed E-state index contributed by atoms with van der Waals surface area (Å²) in [5.41, 5.74) is 0.899. The monoisotopic (exact) mass is 267 g/mol. The Hall–Kier alpha value is -1.40. The molecule has 2 heterocycles. The third-order valence-corrected chi connectivity index (χ3v) is 3.07. The van der Waals surface area contributed by atoms with E-state index in [4.69, 9.17) is 9.26 Å². The van der Waals surface area contributed by atoms with E-state index in [2.05, 4.69) is 15.4 Å². The van der Waals surface area contributed by atoms with Gasteiger partial charge in [0.25, 0.3) is 0 Å². The Bertz CT molecular complexity index is 419. The lowest BCUT2D eigenvalue weighted by molar-refractivity contribution is -0.119. The van der Waals surface area contributed by atoms with Crippen molar-refractivity contribution in [2.75, 3.05) is 26.2 Å². The van der Waals surface area contributed by atoms with Crippen molar-refractivity contribution in [2.45, 2.75) is 32.9 Å². The molecule has 1 N–H and O–H groups in total. The zero-order valence-electron chi connectivity index (χ0n) is 11.5. The number of nitrogens with one attached hydrogen (secondary N) is 1. The van der Waals surface area contributed by atoms with Gasteiger partial charge in [-0.05, 0) is 13.3 Å². The topological polar surface area (TPSA) is 67.6 Å². The van der Waals surface area contributed by atoms with Gasteiger partial charge in [0.1, 0.15) is 0 Å². The minimum absolute atomic E-state index is 0.0229. The molecule has 1 aromatic rings. The van der Waals surface area contributed by atoms with Gasteiger partial charge in [-0.1, -0.05) is 5.16 Å². The van der Waals surface area contributed by atoms with Crippen LogP contribution in [-0.4, -0.2) is 48.3 Å². The number of carbonyl (C=O) groups is 1. The van der Waals surface area contributed by atoms with Crippen molar-refractivity contribution in [3.63, 3.8) is 0 Å². The number of hydrogen-bond donors (Lipinski definition) is 1. The lowest BCUT2D eigenvalue weighted by atomic mass is 10.3. The molecule has 1 unspecified atom stereocenters. The van der Waals surface area contributed by atoms with Gasteiger partial charge in [-0.3, -0.25) is 9.69 Å². The van der Waals surface area contributed by atoms with Crippen LogP contribution in [-0.2, 0) is 16.1 Å². The number of ether oxygens (including phenoxy) is 1. The Morgan fingerprint density at radius 1 is 1.63 bits per heavy atom. The normalized spacial score (nSPS) is 21.1.